The number of aliphatic carboxylic acids is 1. The fourth-order valence-corrected chi connectivity index (χ4v) is 3.03. The maximum Gasteiger partial charge on any atom is 0.333 e. The second kappa shape index (κ2) is 12.0. The maximum absolute atomic E-state index is 11.4. The molecule has 9 nitrogen and oxygen atoms in total. The number of carbonyl (C=O) groups is 1. The van der Waals surface area contributed by atoms with Gasteiger partial charge in [0.15, 0.2) is 11.8 Å². The quantitative estimate of drug-likeness (QED) is 0.292. The van der Waals surface area contributed by atoms with Crippen LogP contribution in [-0.4, -0.2) is 40.6 Å². The number of rotatable bonds is 12. The van der Waals surface area contributed by atoms with E-state index in [-0.39, 0.29) is 18.2 Å². The molecule has 0 aliphatic rings. The first-order valence-electron chi connectivity index (χ1n) is 10.3. The topological polar surface area (TPSA) is 116 Å². The molecule has 1 unspecified atom stereocenters. The number of hydroxylamine groups is 1. The van der Waals surface area contributed by atoms with E-state index >= 15 is 0 Å². The third kappa shape index (κ3) is 7.04. The Balaban J connectivity index is 1.78. The largest absolute Gasteiger partial charge is 0.479 e. The Morgan fingerprint density at radius 3 is 2.73 bits per heavy atom. The molecule has 33 heavy (non-hydrogen) atoms. The van der Waals surface area contributed by atoms with Gasteiger partial charge < -0.3 is 19.0 Å². The van der Waals surface area contributed by atoms with Crippen molar-refractivity contribution < 1.29 is 28.6 Å². The molecule has 3 aromatic rings. The van der Waals surface area contributed by atoms with Crippen LogP contribution < -0.4 is 10.2 Å². The highest BCUT2D eigenvalue weighted by atomic mass is 35.5. The van der Waals surface area contributed by atoms with Crippen LogP contribution in [0.2, 0.25) is 5.02 Å². The van der Waals surface area contributed by atoms with Crippen LogP contribution in [0.1, 0.15) is 25.3 Å². The molecule has 2 N–H and O–H groups in total. The van der Waals surface area contributed by atoms with Crippen molar-refractivity contribution in [2.45, 2.75) is 26.4 Å². The van der Waals surface area contributed by atoms with Gasteiger partial charge in [0.1, 0.15) is 12.0 Å². The van der Waals surface area contributed by atoms with Gasteiger partial charge in [0.05, 0.1) is 6.61 Å². The number of halogens is 1. The molecule has 0 saturated heterocycles. The molecule has 0 radical (unpaired) electrons. The number of carboxylic acids is 1. The Labute approximate surface area is 195 Å². The van der Waals surface area contributed by atoms with E-state index in [2.05, 4.69) is 15.7 Å². The summed E-state index contributed by atoms with van der Waals surface area (Å²) in [5.74, 6) is -0.0946. The van der Waals surface area contributed by atoms with E-state index in [9.17, 15) is 9.90 Å². The molecular weight excluding hydrogens is 450 g/mol. The van der Waals surface area contributed by atoms with E-state index in [1.807, 2.05) is 6.92 Å². The van der Waals surface area contributed by atoms with E-state index < -0.39 is 12.1 Å². The fourth-order valence-electron chi connectivity index (χ4n) is 2.84. The van der Waals surface area contributed by atoms with Crippen molar-refractivity contribution in [1.29, 1.82) is 0 Å². The van der Waals surface area contributed by atoms with Crippen molar-refractivity contribution >= 4 is 23.3 Å². The molecule has 0 amide bonds. The van der Waals surface area contributed by atoms with Gasteiger partial charge in [0.2, 0.25) is 5.89 Å². The average molecular weight is 474 g/mol. The Morgan fingerprint density at radius 2 is 2.00 bits per heavy atom. The summed E-state index contributed by atoms with van der Waals surface area (Å²) in [6, 6.07) is 14.1. The predicted molar refractivity (Wildman–Crippen MR) is 121 cm³/mol. The highest BCUT2D eigenvalue weighted by molar-refractivity contribution is 6.30. The second-order valence-corrected chi connectivity index (χ2v) is 7.18. The van der Waals surface area contributed by atoms with Crippen molar-refractivity contribution in [2.75, 3.05) is 13.2 Å². The summed E-state index contributed by atoms with van der Waals surface area (Å²) in [6.07, 6.45) is 0.654. The number of nitrogens with zero attached hydrogens (tertiary/aromatic N) is 2. The van der Waals surface area contributed by atoms with Gasteiger partial charge in [-0.3, -0.25) is 10.3 Å². The SMILES string of the molecule is CCONC(=COc1cccc(CC(OCC)C(=O)O)c1)c1nnc(-c2cccc(Cl)c2)o1. The molecule has 0 bridgehead atoms. The van der Waals surface area contributed by atoms with Crippen molar-refractivity contribution in [3.05, 3.63) is 71.3 Å². The van der Waals surface area contributed by atoms with Gasteiger partial charge >= 0.3 is 5.97 Å². The zero-order valence-corrected chi connectivity index (χ0v) is 18.9. The van der Waals surface area contributed by atoms with Gasteiger partial charge in [-0.1, -0.05) is 29.8 Å². The molecule has 2 aromatic carbocycles. The van der Waals surface area contributed by atoms with Crippen molar-refractivity contribution in [2.24, 2.45) is 0 Å². The Hall–Kier alpha value is -3.40. The van der Waals surface area contributed by atoms with Crippen LogP contribution in [-0.2, 0) is 20.8 Å². The first-order valence-corrected chi connectivity index (χ1v) is 10.7. The maximum atomic E-state index is 11.4. The van der Waals surface area contributed by atoms with E-state index in [0.717, 1.165) is 5.56 Å². The molecule has 174 valence electrons. The third-order valence-corrected chi connectivity index (χ3v) is 4.56. The summed E-state index contributed by atoms with van der Waals surface area (Å²) in [5, 5.41) is 18.0. The lowest BCUT2D eigenvalue weighted by atomic mass is 10.1. The van der Waals surface area contributed by atoms with Crippen LogP contribution in [0.5, 0.6) is 5.75 Å². The smallest absolute Gasteiger partial charge is 0.333 e. The first-order chi connectivity index (χ1) is 16.0. The molecule has 1 aromatic heterocycles. The number of hydrogen-bond acceptors (Lipinski definition) is 8. The Bertz CT molecular complexity index is 1100. The van der Waals surface area contributed by atoms with Gasteiger partial charge in [-0.05, 0) is 49.7 Å². The first kappa shape index (κ1) is 24.2. The summed E-state index contributed by atoms with van der Waals surface area (Å²) in [4.78, 5) is 16.6. The molecule has 1 atom stereocenters. The minimum atomic E-state index is -1.02. The number of ether oxygens (including phenoxy) is 2. The molecule has 3 rings (SSSR count). The van der Waals surface area contributed by atoms with Gasteiger partial charge in [-0.2, -0.15) is 0 Å². The van der Waals surface area contributed by atoms with Crippen LogP contribution in [0, 0.1) is 0 Å². The van der Waals surface area contributed by atoms with Gasteiger partial charge in [-0.25, -0.2) is 4.79 Å². The summed E-state index contributed by atoms with van der Waals surface area (Å²) < 4.78 is 16.8. The lowest BCUT2D eigenvalue weighted by Gasteiger charge is -2.13. The number of hydrogen-bond donors (Lipinski definition) is 2. The average Bonchev–Trinajstić information content (AvgIpc) is 3.29. The zero-order chi connectivity index (χ0) is 23.6. The highest BCUT2D eigenvalue weighted by Crippen LogP contribution is 2.24. The molecule has 10 heteroatoms. The standard InChI is InChI=1S/C23H24ClN3O6/c1-3-30-20(23(28)29)12-15-7-5-10-18(11-15)31-14-19(27-32-4-2)22-26-25-21(33-22)16-8-6-9-17(24)13-16/h5-11,13-14,20,27H,3-4,12H2,1-2H3,(H,28,29). The van der Waals surface area contributed by atoms with Crippen LogP contribution >= 0.6 is 11.6 Å². The monoisotopic (exact) mass is 473 g/mol. The lowest BCUT2D eigenvalue weighted by molar-refractivity contribution is -0.149. The Kier molecular flexibility index (Phi) is 8.82. The van der Waals surface area contributed by atoms with Crippen LogP contribution in [0.4, 0.5) is 0 Å². The molecule has 0 fully saturated rings. The van der Waals surface area contributed by atoms with Crippen LogP contribution in [0.15, 0.2) is 59.2 Å². The van der Waals surface area contributed by atoms with Gasteiger partial charge in [0, 0.05) is 23.6 Å². The van der Waals surface area contributed by atoms with Crippen LogP contribution in [0.3, 0.4) is 0 Å². The number of carboxylic acid groups (broad SMARTS) is 1. The molecule has 1 heterocycles. The predicted octanol–water partition coefficient (Wildman–Crippen LogP) is 4.34. The van der Waals surface area contributed by atoms with E-state index in [1.54, 1.807) is 55.5 Å². The minimum absolute atomic E-state index is 0.150. The lowest BCUT2D eigenvalue weighted by Crippen LogP contribution is -2.26. The number of aromatic nitrogens is 2. The van der Waals surface area contributed by atoms with Gasteiger partial charge in [0.25, 0.3) is 5.89 Å². The number of nitrogens with one attached hydrogen (secondary N) is 1. The molecular formula is C23H24ClN3O6. The summed E-state index contributed by atoms with van der Waals surface area (Å²) in [7, 11) is 0. The second-order valence-electron chi connectivity index (χ2n) is 6.74. The third-order valence-electron chi connectivity index (χ3n) is 4.33. The molecule has 0 aliphatic carbocycles. The minimum Gasteiger partial charge on any atom is -0.479 e. The van der Waals surface area contributed by atoms with Crippen molar-refractivity contribution in [3.63, 3.8) is 0 Å². The summed E-state index contributed by atoms with van der Waals surface area (Å²) in [6.45, 7) is 4.26. The molecule has 0 saturated carbocycles. The van der Waals surface area contributed by atoms with Crippen molar-refractivity contribution in [3.8, 4) is 17.2 Å². The molecule has 0 spiro atoms. The highest BCUT2D eigenvalue weighted by Gasteiger charge is 2.18. The van der Waals surface area contributed by atoms with E-state index in [1.165, 1.54) is 6.26 Å². The van der Waals surface area contributed by atoms with E-state index in [4.69, 9.17) is 30.3 Å². The summed E-state index contributed by atoms with van der Waals surface area (Å²) >= 11 is 6.04. The van der Waals surface area contributed by atoms with Crippen molar-refractivity contribution in [1.82, 2.24) is 15.7 Å². The van der Waals surface area contributed by atoms with Gasteiger partial charge in [-0.15, -0.1) is 10.2 Å². The van der Waals surface area contributed by atoms with E-state index in [0.29, 0.717) is 35.2 Å². The summed E-state index contributed by atoms with van der Waals surface area (Å²) in [5.41, 5.74) is 4.46. The Morgan fingerprint density at radius 1 is 1.18 bits per heavy atom. The number of benzene rings is 2. The normalized spacial score (nSPS) is 12.4. The van der Waals surface area contributed by atoms with Crippen LogP contribution in [0.25, 0.3) is 17.2 Å². The fraction of sp³-hybridized carbons (Fsp3) is 0.261. The zero-order valence-electron chi connectivity index (χ0n) is 18.2. The molecule has 0 aliphatic heterocycles.